The Bertz CT molecular complexity index is 431. The average molecular weight is 377 g/mol. The first-order chi connectivity index (χ1) is 12.7. The molecular formula is C27H52. The van der Waals surface area contributed by atoms with Gasteiger partial charge in [-0.15, -0.1) is 0 Å². The molecule has 0 aliphatic heterocycles. The summed E-state index contributed by atoms with van der Waals surface area (Å²) in [6.07, 6.45) is 21.5. The van der Waals surface area contributed by atoms with Gasteiger partial charge in [-0.25, -0.2) is 0 Å². The van der Waals surface area contributed by atoms with Crippen LogP contribution in [0.5, 0.6) is 0 Å². The second-order valence-corrected chi connectivity index (χ2v) is 11.0. The summed E-state index contributed by atoms with van der Waals surface area (Å²) < 4.78 is 0. The van der Waals surface area contributed by atoms with E-state index in [-0.39, 0.29) is 0 Å². The van der Waals surface area contributed by atoms with E-state index in [0.29, 0.717) is 16.2 Å². The Balaban J connectivity index is 2.78. The fourth-order valence-electron chi connectivity index (χ4n) is 6.10. The highest BCUT2D eigenvalue weighted by Gasteiger charge is 2.62. The van der Waals surface area contributed by atoms with Gasteiger partial charge < -0.3 is 0 Å². The molecule has 1 aliphatic carbocycles. The van der Waals surface area contributed by atoms with Gasteiger partial charge >= 0.3 is 0 Å². The van der Waals surface area contributed by atoms with Crippen LogP contribution in [-0.4, -0.2) is 0 Å². The molecule has 27 heavy (non-hydrogen) atoms. The first-order valence-corrected chi connectivity index (χ1v) is 12.4. The van der Waals surface area contributed by atoms with Gasteiger partial charge in [0.25, 0.3) is 0 Å². The predicted octanol–water partition coefficient (Wildman–Crippen LogP) is 9.59. The van der Waals surface area contributed by atoms with Crippen molar-refractivity contribution < 1.29 is 0 Å². The molecule has 1 aliphatic rings. The lowest BCUT2D eigenvalue weighted by atomic mass is 9.69. The number of rotatable bonds is 15. The summed E-state index contributed by atoms with van der Waals surface area (Å²) in [5, 5.41) is 0. The van der Waals surface area contributed by atoms with E-state index in [1.165, 1.54) is 77.0 Å². The normalized spacial score (nSPS) is 27.9. The first-order valence-electron chi connectivity index (χ1n) is 12.4. The Hall–Kier alpha value is -0.260. The Morgan fingerprint density at radius 3 is 2.22 bits per heavy atom. The Morgan fingerprint density at radius 1 is 0.963 bits per heavy atom. The van der Waals surface area contributed by atoms with E-state index in [4.69, 9.17) is 0 Å². The average Bonchev–Trinajstić information content (AvgIpc) is 3.14. The van der Waals surface area contributed by atoms with Crippen molar-refractivity contribution in [3.05, 3.63) is 12.2 Å². The maximum atomic E-state index is 2.63. The van der Waals surface area contributed by atoms with Gasteiger partial charge in [0.15, 0.2) is 0 Å². The minimum Gasteiger partial charge on any atom is -0.0880 e. The van der Waals surface area contributed by atoms with E-state index >= 15 is 0 Å². The molecule has 0 spiro atoms. The molecule has 0 aromatic rings. The van der Waals surface area contributed by atoms with Crippen molar-refractivity contribution >= 4 is 0 Å². The molecule has 0 bridgehead atoms. The topological polar surface area (TPSA) is 0 Å². The number of hydrogen-bond donors (Lipinski definition) is 0. The molecule has 0 saturated heterocycles. The van der Waals surface area contributed by atoms with Crippen LogP contribution in [0.2, 0.25) is 0 Å². The number of unbranched alkanes of at least 4 members (excludes halogenated alkanes) is 2. The third kappa shape index (κ3) is 7.25. The van der Waals surface area contributed by atoms with Crippen molar-refractivity contribution in [2.24, 2.45) is 28.1 Å². The van der Waals surface area contributed by atoms with E-state index in [9.17, 15) is 0 Å². The zero-order valence-electron chi connectivity index (χ0n) is 20.3. The lowest BCUT2D eigenvalue weighted by molar-refractivity contribution is 0.148. The lowest BCUT2D eigenvalue weighted by Gasteiger charge is -2.36. The molecule has 0 heteroatoms. The van der Waals surface area contributed by atoms with E-state index < -0.39 is 0 Å². The SMILES string of the molecule is CCCC=CC1(CCC)CC1(C)CC(C)(C)CC(CCC)C(C)CCCC. The van der Waals surface area contributed by atoms with Crippen molar-refractivity contribution in [3.63, 3.8) is 0 Å². The molecule has 0 amide bonds. The summed E-state index contributed by atoms with van der Waals surface area (Å²) >= 11 is 0. The summed E-state index contributed by atoms with van der Waals surface area (Å²) in [4.78, 5) is 0. The number of allylic oxidation sites excluding steroid dienone is 2. The predicted molar refractivity (Wildman–Crippen MR) is 124 cm³/mol. The van der Waals surface area contributed by atoms with Gasteiger partial charge in [-0.1, -0.05) is 112 Å². The minimum atomic E-state index is 0.461. The van der Waals surface area contributed by atoms with Crippen LogP contribution in [0.1, 0.15) is 132 Å². The quantitative estimate of drug-likeness (QED) is 0.249. The maximum absolute atomic E-state index is 2.63. The highest BCUT2D eigenvalue weighted by Crippen LogP contribution is 2.71. The van der Waals surface area contributed by atoms with E-state index in [1.807, 2.05) is 0 Å². The van der Waals surface area contributed by atoms with Gasteiger partial charge in [-0.05, 0) is 60.2 Å². The molecule has 0 nitrogen and oxygen atoms in total. The van der Waals surface area contributed by atoms with Crippen LogP contribution in [0.3, 0.4) is 0 Å². The van der Waals surface area contributed by atoms with Crippen LogP contribution in [0, 0.1) is 28.1 Å². The zero-order chi connectivity index (χ0) is 20.6. The molecule has 0 radical (unpaired) electrons. The molecule has 0 heterocycles. The van der Waals surface area contributed by atoms with Crippen LogP contribution in [0.4, 0.5) is 0 Å². The van der Waals surface area contributed by atoms with Gasteiger partial charge in [0.05, 0.1) is 0 Å². The summed E-state index contributed by atoms with van der Waals surface area (Å²) in [6.45, 7) is 19.6. The highest BCUT2D eigenvalue weighted by molar-refractivity contribution is 5.22. The largest absolute Gasteiger partial charge is 0.0880 e. The Morgan fingerprint density at radius 2 is 1.67 bits per heavy atom. The molecule has 4 unspecified atom stereocenters. The van der Waals surface area contributed by atoms with Crippen LogP contribution >= 0.6 is 0 Å². The van der Waals surface area contributed by atoms with E-state index in [0.717, 1.165) is 11.8 Å². The Kier molecular flexibility index (Phi) is 10.2. The maximum Gasteiger partial charge on any atom is -0.00586 e. The molecule has 1 fully saturated rings. The zero-order valence-corrected chi connectivity index (χ0v) is 20.3. The third-order valence-electron chi connectivity index (χ3n) is 7.53. The minimum absolute atomic E-state index is 0.461. The lowest BCUT2D eigenvalue weighted by Crippen LogP contribution is -2.26. The van der Waals surface area contributed by atoms with Gasteiger partial charge in [0, 0.05) is 0 Å². The van der Waals surface area contributed by atoms with Crippen molar-refractivity contribution in [2.45, 2.75) is 132 Å². The third-order valence-corrected chi connectivity index (χ3v) is 7.53. The van der Waals surface area contributed by atoms with Gasteiger partial charge in [-0.2, -0.15) is 0 Å². The van der Waals surface area contributed by atoms with Crippen molar-refractivity contribution in [1.82, 2.24) is 0 Å². The van der Waals surface area contributed by atoms with Crippen molar-refractivity contribution in [3.8, 4) is 0 Å². The highest BCUT2D eigenvalue weighted by atomic mass is 14.7. The van der Waals surface area contributed by atoms with E-state index in [2.05, 4.69) is 67.5 Å². The smallest absolute Gasteiger partial charge is 0.00586 e. The standard InChI is InChI=1S/C27H52/c1-9-13-15-19-27(18-12-4)22-26(27,8)21-25(6,7)20-24(16-11-3)23(5)17-14-10-2/h15,19,23-24H,9-14,16-18,20-22H2,1-8H3. The summed E-state index contributed by atoms with van der Waals surface area (Å²) in [5.41, 5.74) is 1.49. The summed E-state index contributed by atoms with van der Waals surface area (Å²) in [6, 6.07) is 0. The second kappa shape index (κ2) is 11.1. The van der Waals surface area contributed by atoms with Crippen LogP contribution in [0.25, 0.3) is 0 Å². The first kappa shape index (κ1) is 24.8. The summed E-state index contributed by atoms with van der Waals surface area (Å²) in [7, 11) is 0. The van der Waals surface area contributed by atoms with Crippen LogP contribution in [0.15, 0.2) is 12.2 Å². The van der Waals surface area contributed by atoms with Crippen LogP contribution < -0.4 is 0 Å². The van der Waals surface area contributed by atoms with E-state index in [1.54, 1.807) is 0 Å². The molecule has 160 valence electrons. The number of hydrogen-bond acceptors (Lipinski definition) is 0. The van der Waals surface area contributed by atoms with Crippen LogP contribution in [-0.2, 0) is 0 Å². The molecule has 1 saturated carbocycles. The van der Waals surface area contributed by atoms with Gasteiger partial charge in [0.2, 0.25) is 0 Å². The van der Waals surface area contributed by atoms with Crippen molar-refractivity contribution in [2.75, 3.05) is 0 Å². The molecule has 4 atom stereocenters. The fraction of sp³-hybridized carbons (Fsp3) is 0.926. The monoisotopic (exact) mass is 376 g/mol. The molecule has 1 rings (SSSR count). The summed E-state index contributed by atoms with van der Waals surface area (Å²) in [5.74, 6) is 1.80. The molecule has 0 aromatic heterocycles. The fourth-order valence-corrected chi connectivity index (χ4v) is 6.10. The molecule has 0 aromatic carbocycles. The molecular weight excluding hydrogens is 324 g/mol. The second-order valence-electron chi connectivity index (χ2n) is 11.0. The van der Waals surface area contributed by atoms with Gasteiger partial charge in [-0.3, -0.25) is 0 Å². The molecule has 0 N–H and O–H groups in total. The van der Waals surface area contributed by atoms with Gasteiger partial charge in [0.1, 0.15) is 0 Å². The van der Waals surface area contributed by atoms with Crippen molar-refractivity contribution in [1.29, 1.82) is 0 Å². The Labute approximate surface area is 173 Å².